The maximum absolute atomic E-state index is 12.2. The highest BCUT2D eigenvalue weighted by molar-refractivity contribution is 6.03. The van der Waals surface area contributed by atoms with Crippen LogP contribution in [0.3, 0.4) is 0 Å². The zero-order chi connectivity index (χ0) is 19.2. The number of methoxy groups -OCH3 is 1. The van der Waals surface area contributed by atoms with Gasteiger partial charge in [0.1, 0.15) is 0 Å². The predicted octanol–water partition coefficient (Wildman–Crippen LogP) is 3.57. The van der Waals surface area contributed by atoms with Crippen LogP contribution in [0.15, 0.2) is 60.7 Å². The number of esters is 1. The standard InChI is InChI=1S/C20H18N4O3/c1-13-6-8-14(9-7-13)19(25)22-18-11-10-17(23-24-18)21-16-5-3-4-15(12-16)20(26)27-2/h3-12H,1-2H3,(H,21,23)(H,22,24,25). The average molecular weight is 362 g/mol. The quantitative estimate of drug-likeness (QED) is 0.674. The number of amides is 1. The molecule has 0 atom stereocenters. The van der Waals surface area contributed by atoms with Gasteiger partial charge < -0.3 is 15.4 Å². The van der Waals surface area contributed by atoms with Crippen LogP contribution >= 0.6 is 0 Å². The lowest BCUT2D eigenvalue weighted by Crippen LogP contribution is -2.13. The topological polar surface area (TPSA) is 93.2 Å². The lowest BCUT2D eigenvalue weighted by molar-refractivity contribution is 0.0600. The van der Waals surface area contributed by atoms with E-state index in [0.717, 1.165) is 5.56 Å². The van der Waals surface area contributed by atoms with Crippen molar-refractivity contribution >= 4 is 29.2 Å². The lowest BCUT2D eigenvalue weighted by Gasteiger charge is -2.08. The minimum absolute atomic E-state index is 0.254. The summed E-state index contributed by atoms with van der Waals surface area (Å²) < 4.78 is 4.70. The van der Waals surface area contributed by atoms with E-state index in [-0.39, 0.29) is 5.91 Å². The molecule has 2 N–H and O–H groups in total. The Morgan fingerprint density at radius 2 is 1.59 bits per heavy atom. The number of aromatic nitrogens is 2. The molecule has 0 saturated heterocycles. The molecule has 1 aromatic heterocycles. The van der Waals surface area contributed by atoms with Crippen LogP contribution in [0.2, 0.25) is 0 Å². The van der Waals surface area contributed by atoms with Crippen LogP contribution in [0.5, 0.6) is 0 Å². The molecule has 0 saturated carbocycles. The van der Waals surface area contributed by atoms with Gasteiger partial charge in [-0.15, -0.1) is 10.2 Å². The van der Waals surface area contributed by atoms with Crippen molar-refractivity contribution < 1.29 is 14.3 Å². The molecule has 1 amide bonds. The fourth-order valence-corrected chi connectivity index (χ4v) is 2.35. The van der Waals surface area contributed by atoms with Crippen LogP contribution in [0.4, 0.5) is 17.3 Å². The van der Waals surface area contributed by atoms with Crippen LogP contribution in [0.1, 0.15) is 26.3 Å². The molecular weight excluding hydrogens is 344 g/mol. The third-order valence-electron chi connectivity index (χ3n) is 3.78. The number of hydrogen-bond donors (Lipinski definition) is 2. The predicted molar refractivity (Wildman–Crippen MR) is 102 cm³/mol. The maximum atomic E-state index is 12.2. The molecule has 0 radical (unpaired) electrons. The molecule has 2 aromatic carbocycles. The molecule has 0 aliphatic heterocycles. The highest BCUT2D eigenvalue weighted by Gasteiger charge is 2.08. The SMILES string of the molecule is COC(=O)c1cccc(Nc2ccc(NC(=O)c3ccc(C)cc3)nn2)c1. The number of carbonyl (C=O) groups is 2. The van der Waals surface area contributed by atoms with E-state index in [0.29, 0.717) is 28.5 Å². The molecule has 7 nitrogen and oxygen atoms in total. The minimum atomic E-state index is -0.418. The first-order valence-electron chi connectivity index (χ1n) is 8.22. The molecule has 1 heterocycles. The average Bonchev–Trinajstić information content (AvgIpc) is 2.69. The lowest BCUT2D eigenvalue weighted by atomic mass is 10.1. The Morgan fingerprint density at radius 3 is 2.26 bits per heavy atom. The number of ether oxygens (including phenoxy) is 1. The van der Waals surface area contributed by atoms with Crippen molar-refractivity contribution in [2.24, 2.45) is 0 Å². The summed E-state index contributed by atoms with van der Waals surface area (Å²) in [6.07, 6.45) is 0. The smallest absolute Gasteiger partial charge is 0.337 e. The normalized spacial score (nSPS) is 10.1. The van der Waals surface area contributed by atoms with Crippen molar-refractivity contribution in [3.8, 4) is 0 Å². The van der Waals surface area contributed by atoms with Gasteiger partial charge >= 0.3 is 5.97 Å². The van der Waals surface area contributed by atoms with Crippen molar-refractivity contribution in [3.05, 3.63) is 77.4 Å². The number of aryl methyl sites for hydroxylation is 1. The minimum Gasteiger partial charge on any atom is -0.465 e. The molecular formula is C20H18N4O3. The Morgan fingerprint density at radius 1 is 0.889 bits per heavy atom. The van der Waals surface area contributed by atoms with Crippen LogP contribution in [0, 0.1) is 6.92 Å². The summed E-state index contributed by atoms with van der Waals surface area (Å²) in [4.78, 5) is 23.8. The van der Waals surface area contributed by atoms with Gasteiger partial charge in [0.15, 0.2) is 11.6 Å². The first kappa shape index (κ1) is 18.1. The summed E-state index contributed by atoms with van der Waals surface area (Å²) in [5.41, 5.74) is 2.73. The molecule has 3 rings (SSSR count). The molecule has 7 heteroatoms. The first-order chi connectivity index (χ1) is 13.0. The monoisotopic (exact) mass is 362 g/mol. The van der Waals surface area contributed by atoms with Crippen molar-refractivity contribution in [2.45, 2.75) is 6.92 Å². The van der Waals surface area contributed by atoms with E-state index >= 15 is 0 Å². The van der Waals surface area contributed by atoms with Gasteiger partial charge in [0.2, 0.25) is 0 Å². The van der Waals surface area contributed by atoms with E-state index in [9.17, 15) is 9.59 Å². The van der Waals surface area contributed by atoms with Gasteiger partial charge in [-0.2, -0.15) is 0 Å². The van der Waals surface area contributed by atoms with E-state index in [4.69, 9.17) is 4.74 Å². The Kier molecular flexibility index (Phi) is 5.41. The summed E-state index contributed by atoms with van der Waals surface area (Å²) in [5, 5.41) is 13.8. The van der Waals surface area contributed by atoms with Gasteiger partial charge in [0, 0.05) is 11.3 Å². The molecule has 0 spiro atoms. The van der Waals surface area contributed by atoms with Crippen LogP contribution in [0.25, 0.3) is 0 Å². The van der Waals surface area contributed by atoms with Crippen molar-refractivity contribution in [3.63, 3.8) is 0 Å². The third kappa shape index (κ3) is 4.66. The number of nitrogens with one attached hydrogen (secondary N) is 2. The number of carbonyl (C=O) groups excluding carboxylic acids is 2. The maximum Gasteiger partial charge on any atom is 0.337 e. The second-order valence-corrected chi connectivity index (χ2v) is 5.82. The zero-order valence-corrected chi connectivity index (χ0v) is 14.9. The van der Waals surface area contributed by atoms with E-state index in [1.54, 1.807) is 48.5 Å². The van der Waals surface area contributed by atoms with Gasteiger partial charge in [0.25, 0.3) is 5.91 Å². The number of hydrogen-bond acceptors (Lipinski definition) is 6. The molecule has 0 unspecified atom stereocenters. The van der Waals surface area contributed by atoms with E-state index in [1.807, 2.05) is 19.1 Å². The van der Waals surface area contributed by atoms with Gasteiger partial charge in [-0.1, -0.05) is 23.8 Å². The van der Waals surface area contributed by atoms with Gasteiger partial charge in [-0.25, -0.2) is 4.79 Å². The summed E-state index contributed by atoms with van der Waals surface area (Å²) in [7, 11) is 1.33. The molecule has 27 heavy (non-hydrogen) atoms. The fourth-order valence-electron chi connectivity index (χ4n) is 2.35. The van der Waals surface area contributed by atoms with Gasteiger partial charge in [-0.3, -0.25) is 4.79 Å². The summed E-state index contributed by atoms with van der Waals surface area (Å²) >= 11 is 0. The second-order valence-electron chi connectivity index (χ2n) is 5.82. The largest absolute Gasteiger partial charge is 0.465 e. The number of nitrogens with zero attached hydrogens (tertiary/aromatic N) is 2. The number of anilines is 3. The fraction of sp³-hybridized carbons (Fsp3) is 0.100. The van der Waals surface area contributed by atoms with Crippen molar-refractivity contribution in [1.82, 2.24) is 10.2 Å². The Labute approximate surface area is 156 Å². The summed E-state index contributed by atoms with van der Waals surface area (Å²) in [5.74, 6) is 0.148. The molecule has 0 bridgehead atoms. The Balaban J connectivity index is 1.66. The molecule has 136 valence electrons. The van der Waals surface area contributed by atoms with Gasteiger partial charge in [-0.05, 0) is 49.4 Å². The third-order valence-corrected chi connectivity index (χ3v) is 3.78. The molecule has 3 aromatic rings. The van der Waals surface area contributed by atoms with Crippen LogP contribution < -0.4 is 10.6 Å². The highest BCUT2D eigenvalue weighted by Crippen LogP contribution is 2.17. The van der Waals surface area contributed by atoms with Gasteiger partial charge in [0.05, 0.1) is 12.7 Å². The second kappa shape index (κ2) is 8.09. The van der Waals surface area contributed by atoms with Crippen molar-refractivity contribution in [2.75, 3.05) is 17.7 Å². The zero-order valence-electron chi connectivity index (χ0n) is 14.9. The molecule has 0 aliphatic carbocycles. The number of rotatable bonds is 5. The molecule has 0 fully saturated rings. The number of benzene rings is 2. The summed E-state index contributed by atoms with van der Waals surface area (Å²) in [6.45, 7) is 1.96. The van der Waals surface area contributed by atoms with Crippen molar-refractivity contribution in [1.29, 1.82) is 0 Å². The Hall–Kier alpha value is -3.74. The van der Waals surface area contributed by atoms with E-state index < -0.39 is 5.97 Å². The molecule has 0 aliphatic rings. The highest BCUT2D eigenvalue weighted by atomic mass is 16.5. The summed E-state index contributed by atoms with van der Waals surface area (Å²) in [6, 6.07) is 17.4. The van der Waals surface area contributed by atoms with Crippen LogP contribution in [-0.4, -0.2) is 29.2 Å². The van der Waals surface area contributed by atoms with Crippen LogP contribution in [-0.2, 0) is 4.74 Å². The first-order valence-corrected chi connectivity index (χ1v) is 8.22. The van der Waals surface area contributed by atoms with E-state index in [1.165, 1.54) is 7.11 Å². The Bertz CT molecular complexity index is 954. The van der Waals surface area contributed by atoms with E-state index in [2.05, 4.69) is 20.8 Å².